The van der Waals surface area contributed by atoms with Gasteiger partial charge in [0, 0.05) is 31.7 Å². The number of amides is 2. The summed E-state index contributed by atoms with van der Waals surface area (Å²) in [7, 11) is 0. The molecule has 1 saturated carbocycles. The minimum atomic E-state index is 0.125. The van der Waals surface area contributed by atoms with E-state index in [2.05, 4.69) is 10.2 Å². The van der Waals surface area contributed by atoms with Gasteiger partial charge in [-0.2, -0.15) is 0 Å². The second kappa shape index (κ2) is 8.52. The maximum atomic E-state index is 12.6. The zero-order chi connectivity index (χ0) is 19.5. The van der Waals surface area contributed by atoms with E-state index in [1.807, 2.05) is 11.0 Å². The van der Waals surface area contributed by atoms with Gasteiger partial charge in [-0.15, -0.1) is 0 Å². The van der Waals surface area contributed by atoms with E-state index in [0.29, 0.717) is 18.5 Å². The van der Waals surface area contributed by atoms with Crippen LogP contribution in [0.3, 0.4) is 0 Å². The Labute approximate surface area is 166 Å². The van der Waals surface area contributed by atoms with Crippen LogP contribution in [0.15, 0.2) is 24.3 Å². The average Bonchev–Trinajstić information content (AvgIpc) is 3.52. The highest BCUT2D eigenvalue weighted by molar-refractivity contribution is 5.80. The summed E-state index contributed by atoms with van der Waals surface area (Å²) in [5, 5.41) is 12.7. The molecule has 0 bridgehead atoms. The fourth-order valence-corrected chi connectivity index (χ4v) is 4.53. The number of phenolic OH excluding ortho intramolecular Hbond substituents is 1. The Bertz CT molecular complexity index is 711. The first kappa shape index (κ1) is 19.2. The van der Waals surface area contributed by atoms with Gasteiger partial charge >= 0.3 is 0 Å². The summed E-state index contributed by atoms with van der Waals surface area (Å²) in [4.78, 5) is 29.4. The number of nitrogens with zero attached hydrogens (tertiary/aromatic N) is 2. The van der Waals surface area contributed by atoms with Crippen molar-refractivity contribution in [1.29, 1.82) is 0 Å². The van der Waals surface area contributed by atoms with Crippen LogP contribution in [0.25, 0.3) is 0 Å². The van der Waals surface area contributed by atoms with Gasteiger partial charge in [-0.05, 0) is 62.8 Å². The van der Waals surface area contributed by atoms with Crippen molar-refractivity contribution < 1.29 is 14.7 Å². The molecular weight excluding hydrogens is 354 g/mol. The molecule has 2 aliphatic heterocycles. The van der Waals surface area contributed by atoms with Crippen molar-refractivity contribution in [2.75, 3.05) is 26.2 Å². The van der Waals surface area contributed by atoms with Crippen LogP contribution in [0.1, 0.15) is 44.1 Å². The molecule has 0 radical (unpaired) electrons. The maximum absolute atomic E-state index is 12.6. The second-order valence-corrected chi connectivity index (χ2v) is 8.58. The Morgan fingerprint density at radius 1 is 1.07 bits per heavy atom. The predicted octanol–water partition coefficient (Wildman–Crippen LogP) is 1.92. The van der Waals surface area contributed by atoms with E-state index in [1.165, 1.54) is 0 Å². The lowest BCUT2D eigenvalue weighted by Crippen LogP contribution is -2.51. The van der Waals surface area contributed by atoms with Gasteiger partial charge in [0.05, 0.1) is 12.3 Å². The molecular formula is C22H31N3O3. The molecule has 1 aliphatic carbocycles. The van der Waals surface area contributed by atoms with Gasteiger partial charge in [-0.3, -0.25) is 14.5 Å². The van der Waals surface area contributed by atoms with Gasteiger partial charge in [0.15, 0.2) is 0 Å². The number of hydrogen-bond acceptors (Lipinski definition) is 4. The van der Waals surface area contributed by atoms with Crippen LogP contribution in [0.5, 0.6) is 5.75 Å². The number of carbonyl (C=O) groups is 2. The Kier molecular flexibility index (Phi) is 5.85. The Morgan fingerprint density at radius 3 is 2.57 bits per heavy atom. The lowest BCUT2D eigenvalue weighted by Gasteiger charge is -2.42. The van der Waals surface area contributed by atoms with E-state index in [0.717, 1.165) is 70.3 Å². The molecule has 6 heteroatoms. The molecule has 0 aromatic heterocycles. The summed E-state index contributed by atoms with van der Waals surface area (Å²) in [5.74, 6) is 0.699. The first-order valence-corrected chi connectivity index (χ1v) is 10.7. The van der Waals surface area contributed by atoms with Crippen LogP contribution in [-0.4, -0.2) is 65.0 Å². The zero-order valence-electron chi connectivity index (χ0n) is 16.5. The van der Waals surface area contributed by atoms with Crippen LogP contribution in [0.4, 0.5) is 0 Å². The van der Waals surface area contributed by atoms with Gasteiger partial charge < -0.3 is 15.3 Å². The number of likely N-dealkylation sites (tertiary alicyclic amines) is 2. The monoisotopic (exact) mass is 385 g/mol. The summed E-state index contributed by atoms with van der Waals surface area (Å²) in [6, 6.07) is 7.84. The number of piperidine rings is 2. The van der Waals surface area contributed by atoms with Crippen LogP contribution in [0, 0.1) is 5.92 Å². The molecule has 1 aromatic carbocycles. The number of phenols is 1. The fourth-order valence-electron chi connectivity index (χ4n) is 4.53. The highest BCUT2D eigenvalue weighted by atomic mass is 16.3. The number of rotatable bonds is 5. The normalized spacial score (nSPS) is 24.1. The van der Waals surface area contributed by atoms with E-state index in [-0.39, 0.29) is 23.5 Å². The largest absolute Gasteiger partial charge is 0.508 e. The molecule has 2 heterocycles. The van der Waals surface area contributed by atoms with E-state index < -0.39 is 0 Å². The van der Waals surface area contributed by atoms with Gasteiger partial charge in [0.25, 0.3) is 0 Å². The summed E-state index contributed by atoms with van der Waals surface area (Å²) >= 11 is 0. The highest BCUT2D eigenvalue weighted by Crippen LogP contribution is 2.26. The minimum Gasteiger partial charge on any atom is -0.508 e. The molecule has 2 amide bonds. The van der Waals surface area contributed by atoms with Crippen LogP contribution in [0.2, 0.25) is 0 Å². The first-order chi connectivity index (χ1) is 13.6. The van der Waals surface area contributed by atoms with E-state index in [4.69, 9.17) is 0 Å². The number of nitrogens with one attached hydrogen (secondary N) is 1. The fraction of sp³-hybridized carbons (Fsp3) is 0.636. The Morgan fingerprint density at radius 2 is 1.86 bits per heavy atom. The minimum absolute atomic E-state index is 0.125. The summed E-state index contributed by atoms with van der Waals surface area (Å²) in [5.41, 5.74) is 0.854. The maximum Gasteiger partial charge on any atom is 0.226 e. The van der Waals surface area contributed by atoms with Crippen molar-refractivity contribution in [3.05, 3.63) is 29.8 Å². The second-order valence-electron chi connectivity index (χ2n) is 8.58. The van der Waals surface area contributed by atoms with Crippen molar-refractivity contribution in [2.45, 2.75) is 57.0 Å². The molecule has 1 aromatic rings. The quantitative estimate of drug-likeness (QED) is 0.812. The number of benzene rings is 1. The molecule has 152 valence electrons. The van der Waals surface area contributed by atoms with E-state index >= 15 is 0 Å². The van der Waals surface area contributed by atoms with E-state index in [9.17, 15) is 14.7 Å². The Hall–Kier alpha value is -2.08. The standard InChI is InChI=1S/C22H31N3O3/c26-20-5-1-3-16(13-20)14-21(27)24-11-8-19(9-12-24)25-10-2-4-17(15-25)22(28)23-18-6-7-18/h1,3,5,13,17-19,26H,2,4,6-12,14-15H2,(H,23,28)/t17-/m0/s1. The number of carbonyl (C=O) groups excluding carboxylic acids is 2. The SMILES string of the molecule is O=C(NC1CC1)[C@H]1CCCN(C2CCN(C(=O)Cc3cccc(O)c3)CC2)C1. The van der Waals surface area contributed by atoms with Gasteiger partial charge in [-0.1, -0.05) is 12.1 Å². The number of aromatic hydroxyl groups is 1. The molecule has 28 heavy (non-hydrogen) atoms. The topological polar surface area (TPSA) is 72.9 Å². The third kappa shape index (κ3) is 4.85. The van der Waals surface area contributed by atoms with E-state index in [1.54, 1.807) is 18.2 Å². The first-order valence-electron chi connectivity index (χ1n) is 10.7. The van der Waals surface area contributed by atoms with Crippen molar-refractivity contribution in [3.63, 3.8) is 0 Å². The molecule has 4 rings (SSSR count). The molecule has 3 fully saturated rings. The molecule has 6 nitrogen and oxygen atoms in total. The Balaban J connectivity index is 1.25. The van der Waals surface area contributed by atoms with Gasteiger partial charge in [0.2, 0.25) is 11.8 Å². The lowest BCUT2D eigenvalue weighted by molar-refractivity contribution is -0.132. The lowest BCUT2D eigenvalue weighted by atomic mass is 9.93. The summed E-state index contributed by atoms with van der Waals surface area (Å²) < 4.78 is 0. The van der Waals surface area contributed by atoms with Crippen LogP contribution < -0.4 is 5.32 Å². The molecule has 1 atom stereocenters. The average molecular weight is 386 g/mol. The van der Waals surface area contributed by atoms with Gasteiger partial charge in [0.1, 0.15) is 5.75 Å². The molecule has 3 aliphatic rings. The smallest absolute Gasteiger partial charge is 0.226 e. The molecule has 2 saturated heterocycles. The molecule has 2 N–H and O–H groups in total. The van der Waals surface area contributed by atoms with Crippen LogP contribution in [-0.2, 0) is 16.0 Å². The van der Waals surface area contributed by atoms with Gasteiger partial charge in [-0.25, -0.2) is 0 Å². The predicted molar refractivity (Wildman–Crippen MR) is 107 cm³/mol. The zero-order valence-corrected chi connectivity index (χ0v) is 16.5. The molecule has 0 spiro atoms. The summed E-state index contributed by atoms with van der Waals surface area (Å²) in [6.45, 7) is 3.48. The summed E-state index contributed by atoms with van der Waals surface area (Å²) in [6.07, 6.45) is 6.64. The number of hydrogen-bond donors (Lipinski definition) is 2. The third-order valence-electron chi connectivity index (χ3n) is 6.35. The van der Waals surface area contributed by atoms with Crippen molar-refractivity contribution in [1.82, 2.24) is 15.1 Å². The van der Waals surface area contributed by atoms with Crippen molar-refractivity contribution in [2.24, 2.45) is 5.92 Å². The van der Waals surface area contributed by atoms with Crippen molar-refractivity contribution in [3.8, 4) is 5.75 Å². The molecule has 0 unspecified atom stereocenters. The third-order valence-corrected chi connectivity index (χ3v) is 6.35. The highest BCUT2D eigenvalue weighted by Gasteiger charge is 2.34. The van der Waals surface area contributed by atoms with Crippen LogP contribution >= 0.6 is 0 Å². The van der Waals surface area contributed by atoms with Crippen molar-refractivity contribution >= 4 is 11.8 Å².